The van der Waals surface area contributed by atoms with Gasteiger partial charge in [0, 0.05) is 6.20 Å². The summed E-state index contributed by atoms with van der Waals surface area (Å²) < 4.78 is 5.79. The molecule has 2 aromatic rings. The van der Waals surface area contributed by atoms with Crippen LogP contribution in [-0.2, 0) is 11.4 Å². The van der Waals surface area contributed by atoms with E-state index in [4.69, 9.17) is 4.74 Å². The standard InChI is InChI=1S/C20H24N2O3/c1-14(22-20(24)18-9-5-10-19(18)23)15-6-4-8-17(12-15)25-13-16-7-2-3-11-21-16/h2-4,6-8,11-12,14,18-19,23H,5,9-10,13H2,1H3,(H,22,24). The fourth-order valence-electron chi connectivity index (χ4n) is 3.16. The van der Waals surface area contributed by atoms with Crippen LogP contribution in [0.15, 0.2) is 48.7 Å². The molecule has 3 unspecified atom stereocenters. The average Bonchev–Trinajstić information content (AvgIpc) is 3.07. The first kappa shape index (κ1) is 17.4. The monoisotopic (exact) mass is 340 g/mol. The third-order valence-corrected chi connectivity index (χ3v) is 4.65. The first-order valence-electron chi connectivity index (χ1n) is 8.74. The molecule has 5 heteroatoms. The van der Waals surface area contributed by atoms with Crippen molar-refractivity contribution in [3.8, 4) is 5.75 Å². The number of pyridine rings is 1. The van der Waals surface area contributed by atoms with Gasteiger partial charge in [-0.25, -0.2) is 0 Å². The molecule has 0 spiro atoms. The van der Waals surface area contributed by atoms with Crippen molar-refractivity contribution in [1.82, 2.24) is 10.3 Å². The Labute approximate surface area is 148 Å². The van der Waals surface area contributed by atoms with Gasteiger partial charge in [-0.15, -0.1) is 0 Å². The zero-order valence-electron chi connectivity index (χ0n) is 14.4. The summed E-state index contributed by atoms with van der Waals surface area (Å²) in [5, 5.41) is 12.9. The predicted molar refractivity (Wildman–Crippen MR) is 94.9 cm³/mol. The van der Waals surface area contributed by atoms with E-state index >= 15 is 0 Å². The number of carbonyl (C=O) groups is 1. The van der Waals surface area contributed by atoms with Gasteiger partial charge in [0.05, 0.1) is 23.8 Å². The number of hydrogen-bond acceptors (Lipinski definition) is 4. The topological polar surface area (TPSA) is 71.5 Å². The van der Waals surface area contributed by atoms with E-state index in [0.717, 1.165) is 29.8 Å². The molecule has 0 aliphatic heterocycles. The van der Waals surface area contributed by atoms with Gasteiger partial charge in [0.1, 0.15) is 12.4 Å². The third-order valence-electron chi connectivity index (χ3n) is 4.65. The number of aliphatic hydroxyl groups excluding tert-OH is 1. The highest BCUT2D eigenvalue weighted by Crippen LogP contribution is 2.27. The number of benzene rings is 1. The van der Waals surface area contributed by atoms with Crippen LogP contribution in [-0.4, -0.2) is 22.1 Å². The Morgan fingerprint density at radius 3 is 2.92 bits per heavy atom. The number of amides is 1. The smallest absolute Gasteiger partial charge is 0.226 e. The minimum absolute atomic E-state index is 0.0719. The molecule has 5 nitrogen and oxygen atoms in total. The van der Waals surface area contributed by atoms with Crippen molar-refractivity contribution in [1.29, 1.82) is 0 Å². The molecule has 3 atom stereocenters. The van der Waals surface area contributed by atoms with Crippen molar-refractivity contribution < 1.29 is 14.6 Å². The van der Waals surface area contributed by atoms with Crippen LogP contribution in [0, 0.1) is 5.92 Å². The molecule has 1 aromatic heterocycles. The average molecular weight is 340 g/mol. The largest absolute Gasteiger partial charge is 0.487 e. The predicted octanol–water partition coefficient (Wildman–Crippen LogP) is 3.00. The van der Waals surface area contributed by atoms with E-state index in [2.05, 4.69) is 10.3 Å². The van der Waals surface area contributed by atoms with Crippen LogP contribution in [0.5, 0.6) is 5.75 Å². The Kier molecular flexibility index (Phi) is 5.66. The second kappa shape index (κ2) is 8.12. The fraction of sp³-hybridized carbons (Fsp3) is 0.400. The van der Waals surface area contributed by atoms with Gasteiger partial charge < -0.3 is 15.2 Å². The summed E-state index contributed by atoms with van der Waals surface area (Å²) >= 11 is 0. The van der Waals surface area contributed by atoms with Gasteiger partial charge in [-0.1, -0.05) is 18.2 Å². The number of aliphatic hydroxyl groups is 1. The van der Waals surface area contributed by atoms with Crippen LogP contribution in [0.25, 0.3) is 0 Å². The number of aromatic nitrogens is 1. The SMILES string of the molecule is CC(NC(=O)C1CCCC1O)c1cccc(OCc2ccccn2)c1. The van der Waals surface area contributed by atoms with Gasteiger partial charge in [0.2, 0.25) is 5.91 Å². The minimum Gasteiger partial charge on any atom is -0.487 e. The first-order chi connectivity index (χ1) is 12.1. The number of nitrogens with zero attached hydrogens (tertiary/aromatic N) is 1. The van der Waals surface area contributed by atoms with E-state index in [1.807, 2.05) is 49.4 Å². The van der Waals surface area contributed by atoms with Crippen LogP contribution in [0.3, 0.4) is 0 Å². The van der Waals surface area contributed by atoms with Gasteiger partial charge in [-0.3, -0.25) is 9.78 Å². The van der Waals surface area contributed by atoms with Crippen molar-refractivity contribution in [2.75, 3.05) is 0 Å². The fourth-order valence-corrected chi connectivity index (χ4v) is 3.16. The Morgan fingerprint density at radius 2 is 2.20 bits per heavy atom. The lowest BCUT2D eigenvalue weighted by atomic mass is 10.0. The molecular formula is C20H24N2O3. The summed E-state index contributed by atoms with van der Waals surface area (Å²) in [5.74, 6) is 0.383. The summed E-state index contributed by atoms with van der Waals surface area (Å²) in [6.07, 6.45) is 3.60. The van der Waals surface area contributed by atoms with Crippen LogP contribution in [0.4, 0.5) is 0 Å². The van der Waals surface area contributed by atoms with Crippen molar-refractivity contribution in [3.63, 3.8) is 0 Å². The number of ether oxygens (including phenoxy) is 1. The summed E-state index contributed by atoms with van der Waals surface area (Å²) in [4.78, 5) is 16.6. The van der Waals surface area contributed by atoms with Crippen molar-refractivity contribution in [3.05, 3.63) is 59.9 Å². The Bertz CT molecular complexity index is 705. The highest BCUT2D eigenvalue weighted by molar-refractivity contribution is 5.80. The minimum atomic E-state index is -0.514. The molecule has 0 radical (unpaired) electrons. The molecule has 3 rings (SSSR count). The quantitative estimate of drug-likeness (QED) is 0.848. The summed E-state index contributed by atoms with van der Waals surface area (Å²) in [7, 11) is 0. The maximum Gasteiger partial charge on any atom is 0.226 e. The number of nitrogens with one attached hydrogen (secondary N) is 1. The van der Waals surface area contributed by atoms with Crippen molar-refractivity contribution in [2.24, 2.45) is 5.92 Å². The molecule has 1 saturated carbocycles. The van der Waals surface area contributed by atoms with Crippen LogP contribution in [0.1, 0.15) is 43.5 Å². The maximum atomic E-state index is 12.3. The normalized spacial score (nSPS) is 20.9. The van der Waals surface area contributed by atoms with Crippen LogP contribution < -0.4 is 10.1 Å². The zero-order valence-corrected chi connectivity index (χ0v) is 14.4. The van der Waals surface area contributed by atoms with Crippen LogP contribution in [0.2, 0.25) is 0 Å². The molecule has 1 aliphatic rings. The van der Waals surface area contributed by atoms with Gasteiger partial charge in [0.15, 0.2) is 0 Å². The summed E-state index contributed by atoms with van der Waals surface area (Å²) in [6.45, 7) is 2.34. The number of rotatable bonds is 6. The van der Waals surface area contributed by atoms with Gasteiger partial charge in [0.25, 0.3) is 0 Å². The Morgan fingerprint density at radius 1 is 1.32 bits per heavy atom. The van der Waals surface area contributed by atoms with Crippen LogP contribution >= 0.6 is 0 Å². The summed E-state index contributed by atoms with van der Waals surface area (Å²) in [5.41, 5.74) is 1.84. The Balaban J connectivity index is 1.59. The van der Waals surface area contributed by atoms with E-state index in [1.165, 1.54) is 0 Å². The van der Waals surface area contributed by atoms with Crippen molar-refractivity contribution in [2.45, 2.75) is 44.9 Å². The molecule has 1 aliphatic carbocycles. The third kappa shape index (κ3) is 4.57. The van der Waals surface area contributed by atoms with E-state index < -0.39 is 6.10 Å². The second-order valence-electron chi connectivity index (χ2n) is 6.52. The van der Waals surface area contributed by atoms with Crippen molar-refractivity contribution >= 4 is 5.91 Å². The maximum absolute atomic E-state index is 12.3. The molecular weight excluding hydrogens is 316 g/mol. The molecule has 1 aromatic carbocycles. The van der Waals surface area contributed by atoms with Gasteiger partial charge in [-0.2, -0.15) is 0 Å². The molecule has 1 heterocycles. The van der Waals surface area contributed by atoms with Gasteiger partial charge in [-0.05, 0) is 56.0 Å². The number of hydrogen-bond donors (Lipinski definition) is 2. The van der Waals surface area contributed by atoms with E-state index in [-0.39, 0.29) is 17.9 Å². The molecule has 2 N–H and O–H groups in total. The lowest BCUT2D eigenvalue weighted by Gasteiger charge is -2.20. The van der Waals surface area contributed by atoms with E-state index in [0.29, 0.717) is 13.0 Å². The molecule has 132 valence electrons. The van der Waals surface area contributed by atoms with E-state index in [1.54, 1.807) is 6.20 Å². The lowest BCUT2D eigenvalue weighted by Crippen LogP contribution is -2.36. The lowest BCUT2D eigenvalue weighted by molar-refractivity contribution is -0.128. The summed E-state index contributed by atoms with van der Waals surface area (Å²) in [6, 6.07) is 13.3. The highest BCUT2D eigenvalue weighted by Gasteiger charge is 2.32. The second-order valence-corrected chi connectivity index (χ2v) is 6.52. The molecule has 0 saturated heterocycles. The highest BCUT2D eigenvalue weighted by atomic mass is 16.5. The molecule has 25 heavy (non-hydrogen) atoms. The molecule has 0 bridgehead atoms. The Hall–Kier alpha value is -2.40. The molecule has 1 amide bonds. The van der Waals surface area contributed by atoms with Gasteiger partial charge >= 0.3 is 0 Å². The molecule has 1 fully saturated rings. The number of carbonyl (C=O) groups excluding carboxylic acids is 1. The zero-order chi connectivity index (χ0) is 17.6. The first-order valence-corrected chi connectivity index (χ1v) is 8.74. The van der Waals surface area contributed by atoms with E-state index in [9.17, 15) is 9.90 Å².